The van der Waals surface area contributed by atoms with Crippen LogP contribution >= 0.6 is 11.6 Å². The Balaban J connectivity index is 0.000000167. The summed E-state index contributed by atoms with van der Waals surface area (Å²) >= 11 is 5.94. The molecule has 0 spiro atoms. The third-order valence-corrected chi connectivity index (χ3v) is 5.78. The number of aromatic nitrogens is 2. The second kappa shape index (κ2) is 11.1. The van der Waals surface area contributed by atoms with Crippen LogP contribution in [-0.2, 0) is 6.42 Å². The van der Waals surface area contributed by atoms with Crippen LogP contribution in [-0.4, -0.2) is 17.2 Å². The molecule has 4 rings (SSSR count). The number of halogens is 1. The number of aryl methyl sites for hydroxylation is 2. The number of imidazole rings is 1. The first-order valence-corrected chi connectivity index (χ1v) is 10.9. The highest BCUT2D eigenvalue weighted by molar-refractivity contribution is 6.53. The summed E-state index contributed by atoms with van der Waals surface area (Å²) in [5.74, 6) is 0.765. The highest BCUT2D eigenvalue weighted by Gasteiger charge is 2.18. The van der Waals surface area contributed by atoms with Gasteiger partial charge in [0.2, 0.25) is 0 Å². The Morgan fingerprint density at radius 2 is 1.82 bits per heavy atom. The van der Waals surface area contributed by atoms with Crippen molar-refractivity contribution >= 4 is 24.3 Å². The first-order valence-electron chi connectivity index (χ1n) is 10.5. The molecule has 1 aromatic heterocycles. The van der Waals surface area contributed by atoms with E-state index in [9.17, 15) is 0 Å². The molecule has 1 aliphatic rings. The molecule has 4 heteroatoms. The predicted octanol–water partition coefficient (Wildman–Crippen LogP) is 5.83. The van der Waals surface area contributed by atoms with E-state index in [1.807, 2.05) is 24.5 Å². The zero-order valence-corrected chi connectivity index (χ0v) is 17.6. The maximum Gasteiger partial charge on any atom is 0.158 e. The van der Waals surface area contributed by atoms with Crippen LogP contribution in [0.4, 0.5) is 0 Å². The Kier molecular flexibility index (Phi) is 8.23. The second-order valence-corrected chi connectivity index (χ2v) is 8.14. The van der Waals surface area contributed by atoms with E-state index in [1.165, 1.54) is 60.8 Å². The van der Waals surface area contributed by atoms with Gasteiger partial charge in [0.25, 0.3) is 0 Å². The normalized spacial score (nSPS) is 14.2. The van der Waals surface area contributed by atoms with E-state index >= 15 is 0 Å². The molecule has 2 nitrogen and oxygen atoms in total. The summed E-state index contributed by atoms with van der Waals surface area (Å²) in [4.78, 5) is 7.50. The van der Waals surface area contributed by atoms with Crippen LogP contribution in [0.15, 0.2) is 60.9 Å². The van der Waals surface area contributed by atoms with Crippen molar-refractivity contribution in [3.05, 3.63) is 82.9 Å². The van der Waals surface area contributed by atoms with Crippen molar-refractivity contribution in [2.24, 2.45) is 0 Å². The lowest BCUT2D eigenvalue weighted by Crippen LogP contribution is -2.13. The van der Waals surface area contributed by atoms with Gasteiger partial charge in [0.05, 0.1) is 12.0 Å². The van der Waals surface area contributed by atoms with Gasteiger partial charge in [0, 0.05) is 16.6 Å². The van der Waals surface area contributed by atoms with Gasteiger partial charge >= 0.3 is 0 Å². The summed E-state index contributed by atoms with van der Waals surface area (Å²) in [5, 5.41) is 0.831. The third kappa shape index (κ3) is 6.56. The van der Waals surface area contributed by atoms with Crippen LogP contribution in [0.2, 0.25) is 11.3 Å². The molecule has 0 saturated heterocycles. The quantitative estimate of drug-likeness (QED) is 0.544. The number of H-pyrrole nitrogens is 1. The van der Waals surface area contributed by atoms with Gasteiger partial charge in [-0.1, -0.05) is 85.1 Å². The average molecular weight is 393 g/mol. The molecule has 146 valence electrons. The van der Waals surface area contributed by atoms with E-state index in [0.29, 0.717) is 0 Å². The summed E-state index contributed by atoms with van der Waals surface area (Å²) in [5.41, 5.74) is 5.31. The summed E-state index contributed by atoms with van der Waals surface area (Å²) in [6.45, 7) is 2.10. The van der Waals surface area contributed by atoms with Crippen LogP contribution < -0.4 is 5.46 Å². The maximum atomic E-state index is 5.94. The Bertz CT molecular complexity index is 825. The standard InChI is InChI=1S/C14H14BCl.C10H16N2/c16-14-8-4-7-13(11-14)15-10-9-12-5-2-1-3-6-12;1-8-10(12-7-11-8)9-5-3-2-4-6-9/h1-8,11,15H,9-10H2;7,9H,2-6H2,1H3,(H,11,12). The summed E-state index contributed by atoms with van der Waals surface area (Å²) in [7, 11) is 1.09. The highest BCUT2D eigenvalue weighted by atomic mass is 35.5. The number of hydrogen-bond donors (Lipinski definition) is 1. The van der Waals surface area contributed by atoms with E-state index in [4.69, 9.17) is 11.6 Å². The minimum atomic E-state index is 0.765. The van der Waals surface area contributed by atoms with Crippen molar-refractivity contribution in [3.63, 3.8) is 0 Å². The number of nitrogens with one attached hydrogen (secondary N) is 1. The molecule has 2 aromatic carbocycles. The van der Waals surface area contributed by atoms with Gasteiger partial charge in [-0.3, -0.25) is 0 Å². The molecule has 0 atom stereocenters. The molecular formula is C24H30BClN2. The Hall–Kier alpha value is -2.00. The van der Waals surface area contributed by atoms with Crippen molar-refractivity contribution in [1.29, 1.82) is 0 Å². The van der Waals surface area contributed by atoms with Crippen molar-refractivity contribution in [2.45, 2.75) is 57.7 Å². The number of rotatable bonds is 5. The van der Waals surface area contributed by atoms with Gasteiger partial charge in [-0.25, -0.2) is 4.98 Å². The van der Waals surface area contributed by atoms with Crippen LogP contribution in [0.5, 0.6) is 0 Å². The molecule has 1 saturated carbocycles. The Labute approximate surface area is 175 Å². The molecule has 0 aliphatic heterocycles. The van der Waals surface area contributed by atoms with E-state index in [0.717, 1.165) is 24.6 Å². The lowest BCUT2D eigenvalue weighted by Gasteiger charge is -2.20. The van der Waals surface area contributed by atoms with Crippen molar-refractivity contribution < 1.29 is 0 Å². The molecule has 1 heterocycles. The number of benzene rings is 2. The lowest BCUT2D eigenvalue weighted by atomic mass is 9.66. The Morgan fingerprint density at radius 3 is 2.50 bits per heavy atom. The lowest BCUT2D eigenvalue weighted by molar-refractivity contribution is 0.436. The topological polar surface area (TPSA) is 28.7 Å². The van der Waals surface area contributed by atoms with Gasteiger partial charge in [-0.15, -0.1) is 0 Å². The van der Waals surface area contributed by atoms with Gasteiger partial charge in [0.15, 0.2) is 7.28 Å². The fraction of sp³-hybridized carbons (Fsp3) is 0.375. The van der Waals surface area contributed by atoms with Gasteiger partial charge < -0.3 is 4.98 Å². The molecule has 0 radical (unpaired) electrons. The van der Waals surface area contributed by atoms with Crippen molar-refractivity contribution in [1.82, 2.24) is 9.97 Å². The molecule has 0 unspecified atom stereocenters. The molecule has 1 N–H and O–H groups in total. The van der Waals surface area contributed by atoms with Crippen LogP contribution in [0.1, 0.15) is 55.0 Å². The summed E-state index contributed by atoms with van der Waals surface area (Å²) in [6.07, 6.45) is 11.0. The van der Waals surface area contributed by atoms with Gasteiger partial charge in [0.1, 0.15) is 0 Å². The molecule has 0 amide bonds. The summed E-state index contributed by atoms with van der Waals surface area (Å²) in [6, 6.07) is 18.7. The summed E-state index contributed by atoms with van der Waals surface area (Å²) < 4.78 is 0. The molecule has 28 heavy (non-hydrogen) atoms. The first-order chi connectivity index (χ1) is 13.7. The fourth-order valence-corrected chi connectivity index (χ4v) is 4.22. The minimum absolute atomic E-state index is 0.765. The molecule has 3 aromatic rings. The first kappa shape index (κ1) is 20.7. The smallest absolute Gasteiger partial charge is 0.158 e. The zero-order chi connectivity index (χ0) is 19.6. The van der Waals surface area contributed by atoms with Crippen LogP contribution in [0, 0.1) is 6.92 Å². The molecule has 1 fully saturated rings. The van der Waals surface area contributed by atoms with E-state index in [1.54, 1.807) is 0 Å². The SMILES string of the molecule is Cc1nc[nH]c1C1CCCCC1.Clc1cccc(BCCc2ccccc2)c1. The third-order valence-electron chi connectivity index (χ3n) is 5.54. The second-order valence-electron chi connectivity index (χ2n) is 7.71. The van der Waals surface area contributed by atoms with Crippen molar-refractivity contribution in [3.8, 4) is 0 Å². The maximum absolute atomic E-state index is 5.94. The van der Waals surface area contributed by atoms with Gasteiger partial charge in [-0.05, 0) is 43.9 Å². The highest BCUT2D eigenvalue weighted by Crippen LogP contribution is 2.32. The largest absolute Gasteiger partial charge is 0.348 e. The zero-order valence-electron chi connectivity index (χ0n) is 16.8. The van der Waals surface area contributed by atoms with Crippen LogP contribution in [0.25, 0.3) is 0 Å². The number of aromatic amines is 1. The van der Waals surface area contributed by atoms with E-state index in [-0.39, 0.29) is 0 Å². The molecular weight excluding hydrogens is 363 g/mol. The van der Waals surface area contributed by atoms with E-state index in [2.05, 4.69) is 53.3 Å². The minimum Gasteiger partial charge on any atom is -0.348 e. The molecule has 1 aliphatic carbocycles. The Morgan fingerprint density at radius 1 is 1.04 bits per heavy atom. The number of nitrogens with zero attached hydrogens (tertiary/aromatic N) is 1. The van der Waals surface area contributed by atoms with Crippen LogP contribution in [0.3, 0.4) is 0 Å². The predicted molar refractivity (Wildman–Crippen MR) is 122 cm³/mol. The average Bonchev–Trinajstić information content (AvgIpc) is 3.16. The number of hydrogen-bond acceptors (Lipinski definition) is 1. The fourth-order valence-electron chi connectivity index (χ4n) is 4.01. The molecule has 0 bridgehead atoms. The van der Waals surface area contributed by atoms with Gasteiger partial charge in [-0.2, -0.15) is 0 Å². The van der Waals surface area contributed by atoms with Crippen molar-refractivity contribution in [2.75, 3.05) is 0 Å². The van der Waals surface area contributed by atoms with E-state index < -0.39 is 0 Å². The monoisotopic (exact) mass is 392 g/mol.